The number of benzene rings is 2. The molecule has 0 aromatic heterocycles. The first-order valence-corrected chi connectivity index (χ1v) is 7.82. The van der Waals surface area contributed by atoms with Gasteiger partial charge in [-0.05, 0) is 49.4 Å². The Morgan fingerprint density at radius 3 is 2.32 bits per heavy atom. The molecule has 2 rings (SSSR count). The topological polar surface area (TPSA) is 73.9 Å². The lowest BCUT2D eigenvalue weighted by Gasteiger charge is -2.17. The minimum atomic E-state index is -0.784. The first kappa shape index (κ1) is 18.6. The van der Waals surface area contributed by atoms with Gasteiger partial charge in [-0.25, -0.2) is 4.79 Å². The third-order valence-corrected chi connectivity index (χ3v) is 3.62. The summed E-state index contributed by atoms with van der Waals surface area (Å²) in [4.78, 5) is 23.8. The van der Waals surface area contributed by atoms with Gasteiger partial charge in [-0.3, -0.25) is 4.79 Å². The number of esters is 1. The molecule has 0 saturated heterocycles. The molecule has 0 unspecified atom stereocenters. The summed E-state index contributed by atoms with van der Waals surface area (Å²) in [6, 6.07) is 11.3. The van der Waals surface area contributed by atoms with E-state index in [1.807, 2.05) is 0 Å². The first-order chi connectivity index (χ1) is 11.9. The summed E-state index contributed by atoms with van der Waals surface area (Å²) in [7, 11) is 2.74. The maximum Gasteiger partial charge on any atom is 0.337 e. The van der Waals surface area contributed by atoms with Crippen molar-refractivity contribution in [1.29, 1.82) is 0 Å². The van der Waals surface area contributed by atoms with Crippen LogP contribution in [0.4, 0.5) is 5.69 Å². The molecule has 6 nitrogen and oxygen atoms in total. The maximum absolute atomic E-state index is 12.2. The number of halogens is 1. The number of carbonyl (C=O) groups is 2. The Hall–Kier alpha value is -2.73. The number of carbonyl (C=O) groups excluding carboxylic acids is 2. The monoisotopic (exact) mass is 363 g/mol. The molecule has 1 atom stereocenters. The van der Waals surface area contributed by atoms with Crippen LogP contribution >= 0.6 is 11.6 Å². The lowest BCUT2D eigenvalue weighted by atomic mass is 10.2. The molecule has 25 heavy (non-hydrogen) atoms. The highest BCUT2D eigenvalue weighted by Gasteiger charge is 2.18. The molecule has 1 N–H and O–H groups in total. The Morgan fingerprint density at radius 1 is 1.04 bits per heavy atom. The summed E-state index contributed by atoms with van der Waals surface area (Å²) in [6.45, 7) is 1.61. The number of anilines is 1. The van der Waals surface area contributed by atoms with Crippen molar-refractivity contribution in [3.05, 3.63) is 53.1 Å². The Kier molecular flexibility index (Phi) is 6.25. The lowest BCUT2D eigenvalue weighted by Crippen LogP contribution is -2.30. The van der Waals surface area contributed by atoms with Gasteiger partial charge < -0.3 is 19.5 Å². The average molecular weight is 364 g/mol. The number of methoxy groups -OCH3 is 2. The van der Waals surface area contributed by atoms with Crippen LogP contribution in [-0.4, -0.2) is 32.2 Å². The fourth-order valence-corrected chi connectivity index (χ4v) is 2.16. The molecule has 132 valence electrons. The van der Waals surface area contributed by atoms with Gasteiger partial charge in [0.25, 0.3) is 5.91 Å². The number of hydrogen-bond acceptors (Lipinski definition) is 5. The molecule has 0 spiro atoms. The Bertz CT molecular complexity index is 761. The largest absolute Gasteiger partial charge is 0.493 e. The van der Waals surface area contributed by atoms with Crippen LogP contribution in [0.15, 0.2) is 42.5 Å². The standard InChI is InChI=1S/C18H18ClNO5/c1-11(17(21)20-14-7-5-13(19)6-8-14)25-15-9-4-12(18(22)24-3)10-16(15)23-2/h4-11H,1-3H3,(H,20,21)/t11-/m0/s1. The summed E-state index contributed by atoms with van der Waals surface area (Å²) in [6.07, 6.45) is -0.784. The molecule has 0 aliphatic heterocycles. The van der Waals surface area contributed by atoms with Gasteiger partial charge in [-0.2, -0.15) is 0 Å². The van der Waals surface area contributed by atoms with Gasteiger partial charge in [0.2, 0.25) is 0 Å². The van der Waals surface area contributed by atoms with Crippen LogP contribution in [0.1, 0.15) is 17.3 Å². The third-order valence-electron chi connectivity index (χ3n) is 3.37. The second-order valence-corrected chi connectivity index (χ2v) is 5.55. The predicted octanol–water partition coefficient (Wildman–Crippen LogP) is 3.54. The van der Waals surface area contributed by atoms with Crippen LogP contribution in [0.2, 0.25) is 5.02 Å². The smallest absolute Gasteiger partial charge is 0.337 e. The van der Waals surface area contributed by atoms with E-state index < -0.39 is 12.1 Å². The molecule has 7 heteroatoms. The van der Waals surface area contributed by atoms with Crippen molar-refractivity contribution >= 4 is 29.2 Å². The van der Waals surface area contributed by atoms with E-state index in [-0.39, 0.29) is 5.91 Å². The quantitative estimate of drug-likeness (QED) is 0.794. The highest BCUT2D eigenvalue weighted by Crippen LogP contribution is 2.29. The fourth-order valence-electron chi connectivity index (χ4n) is 2.03. The van der Waals surface area contributed by atoms with Gasteiger partial charge in [0.15, 0.2) is 17.6 Å². The van der Waals surface area contributed by atoms with Crippen molar-refractivity contribution in [2.75, 3.05) is 19.5 Å². The SMILES string of the molecule is COC(=O)c1ccc(O[C@@H](C)C(=O)Nc2ccc(Cl)cc2)c(OC)c1. The van der Waals surface area contributed by atoms with Gasteiger partial charge in [0.05, 0.1) is 19.8 Å². The van der Waals surface area contributed by atoms with Gasteiger partial charge in [-0.1, -0.05) is 11.6 Å². The van der Waals surface area contributed by atoms with E-state index in [2.05, 4.69) is 10.1 Å². The van der Waals surface area contributed by atoms with E-state index >= 15 is 0 Å². The summed E-state index contributed by atoms with van der Waals surface area (Å²) in [5.74, 6) is -0.150. The molecule has 1 amide bonds. The van der Waals surface area contributed by atoms with Gasteiger partial charge >= 0.3 is 5.97 Å². The molecule has 0 aliphatic rings. The highest BCUT2D eigenvalue weighted by molar-refractivity contribution is 6.30. The molecular formula is C18H18ClNO5. The normalized spacial score (nSPS) is 11.4. The van der Waals surface area contributed by atoms with Crippen molar-refractivity contribution < 1.29 is 23.8 Å². The minimum Gasteiger partial charge on any atom is -0.493 e. The second kappa shape index (κ2) is 8.39. The molecule has 2 aromatic rings. The Balaban J connectivity index is 2.08. The van der Waals surface area contributed by atoms with Crippen molar-refractivity contribution in [1.82, 2.24) is 0 Å². The minimum absolute atomic E-state index is 0.324. The van der Waals surface area contributed by atoms with Crippen LogP contribution in [0.5, 0.6) is 11.5 Å². The summed E-state index contributed by atoms with van der Waals surface area (Å²) in [5, 5.41) is 3.31. The van der Waals surface area contributed by atoms with Crippen LogP contribution < -0.4 is 14.8 Å². The Morgan fingerprint density at radius 2 is 1.72 bits per heavy atom. The van der Waals surface area contributed by atoms with E-state index in [1.165, 1.54) is 26.4 Å². The van der Waals surface area contributed by atoms with Crippen LogP contribution in [0.3, 0.4) is 0 Å². The van der Waals surface area contributed by atoms with Crippen LogP contribution in [0.25, 0.3) is 0 Å². The van der Waals surface area contributed by atoms with Crippen molar-refractivity contribution in [2.24, 2.45) is 0 Å². The molecular weight excluding hydrogens is 346 g/mol. The van der Waals surface area contributed by atoms with E-state index in [4.69, 9.17) is 21.1 Å². The molecule has 0 radical (unpaired) electrons. The molecule has 0 fully saturated rings. The van der Waals surface area contributed by atoms with Gasteiger partial charge in [0.1, 0.15) is 0 Å². The molecule has 0 heterocycles. The van der Waals surface area contributed by atoms with Crippen LogP contribution in [0, 0.1) is 0 Å². The van der Waals surface area contributed by atoms with E-state index in [9.17, 15) is 9.59 Å². The number of rotatable bonds is 6. The molecule has 0 aliphatic carbocycles. The summed E-state index contributed by atoms with van der Waals surface area (Å²) >= 11 is 5.81. The zero-order valence-corrected chi connectivity index (χ0v) is 14.8. The molecule has 0 saturated carbocycles. The molecule has 0 bridgehead atoms. The van der Waals surface area contributed by atoms with Crippen LogP contribution in [-0.2, 0) is 9.53 Å². The lowest BCUT2D eigenvalue weighted by molar-refractivity contribution is -0.122. The summed E-state index contributed by atoms with van der Waals surface area (Å²) < 4.78 is 15.5. The number of amides is 1. The van der Waals surface area contributed by atoms with Gasteiger partial charge in [0, 0.05) is 10.7 Å². The zero-order chi connectivity index (χ0) is 18.4. The summed E-state index contributed by atoms with van der Waals surface area (Å²) in [5.41, 5.74) is 0.933. The van der Waals surface area contributed by atoms with E-state index in [0.29, 0.717) is 27.8 Å². The maximum atomic E-state index is 12.2. The van der Waals surface area contributed by atoms with Crippen molar-refractivity contribution in [3.63, 3.8) is 0 Å². The highest BCUT2D eigenvalue weighted by atomic mass is 35.5. The number of ether oxygens (including phenoxy) is 3. The third kappa shape index (κ3) is 4.87. The van der Waals surface area contributed by atoms with E-state index in [1.54, 1.807) is 37.3 Å². The average Bonchev–Trinajstić information content (AvgIpc) is 2.63. The van der Waals surface area contributed by atoms with Crippen molar-refractivity contribution in [2.45, 2.75) is 13.0 Å². The second-order valence-electron chi connectivity index (χ2n) is 5.11. The Labute approximate surface area is 150 Å². The zero-order valence-electron chi connectivity index (χ0n) is 14.0. The number of hydrogen-bond donors (Lipinski definition) is 1. The predicted molar refractivity (Wildman–Crippen MR) is 94.5 cm³/mol. The molecule has 2 aromatic carbocycles. The number of nitrogens with one attached hydrogen (secondary N) is 1. The van der Waals surface area contributed by atoms with E-state index in [0.717, 1.165) is 0 Å². The van der Waals surface area contributed by atoms with Crippen molar-refractivity contribution in [3.8, 4) is 11.5 Å². The fraction of sp³-hybridized carbons (Fsp3) is 0.222. The van der Waals surface area contributed by atoms with Gasteiger partial charge in [-0.15, -0.1) is 0 Å². The first-order valence-electron chi connectivity index (χ1n) is 7.44.